The van der Waals surface area contributed by atoms with Gasteiger partial charge in [0.25, 0.3) is 0 Å². The van der Waals surface area contributed by atoms with E-state index in [9.17, 15) is 9.59 Å². The summed E-state index contributed by atoms with van der Waals surface area (Å²) in [7, 11) is -1.13. The number of rotatable bonds is 2. The van der Waals surface area contributed by atoms with E-state index in [1.165, 1.54) is 5.57 Å². The van der Waals surface area contributed by atoms with Crippen molar-refractivity contribution < 1.29 is 14.3 Å². The zero-order valence-corrected chi connectivity index (χ0v) is 11.1. The van der Waals surface area contributed by atoms with E-state index in [2.05, 4.69) is 30.5 Å². The van der Waals surface area contributed by atoms with E-state index >= 15 is 0 Å². The zero-order valence-electron chi connectivity index (χ0n) is 10.1. The fourth-order valence-corrected chi connectivity index (χ4v) is 4.20. The van der Waals surface area contributed by atoms with Gasteiger partial charge in [0.2, 0.25) is 0 Å². The summed E-state index contributed by atoms with van der Waals surface area (Å²) in [5.41, 5.74) is 1.35. The van der Waals surface area contributed by atoms with E-state index in [1.54, 1.807) is 0 Å². The van der Waals surface area contributed by atoms with Crippen molar-refractivity contribution in [3.05, 3.63) is 11.6 Å². The third kappa shape index (κ3) is 2.26. The predicted octanol–water partition coefficient (Wildman–Crippen LogP) is 2.36. The van der Waals surface area contributed by atoms with Crippen LogP contribution in [0, 0.1) is 11.8 Å². The van der Waals surface area contributed by atoms with Crippen LogP contribution in [0.4, 0.5) is 0 Å². The van der Waals surface area contributed by atoms with Crippen LogP contribution in [0.25, 0.3) is 0 Å². The van der Waals surface area contributed by atoms with Gasteiger partial charge >= 0.3 is 11.9 Å². The average molecular weight is 238 g/mol. The summed E-state index contributed by atoms with van der Waals surface area (Å²) in [6.07, 6.45) is 3.58. The van der Waals surface area contributed by atoms with E-state index in [0.717, 1.165) is 12.5 Å². The van der Waals surface area contributed by atoms with Crippen molar-refractivity contribution in [3.63, 3.8) is 0 Å². The summed E-state index contributed by atoms with van der Waals surface area (Å²) in [4.78, 5) is 22.8. The smallest absolute Gasteiger partial charge is 0.317 e. The van der Waals surface area contributed by atoms with Crippen LogP contribution in [-0.4, -0.2) is 20.0 Å². The van der Waals surface area contributed by atoms with Gasteiger partial charge < -0.3 is 4.74 Å². The first-order chi connectivity index (χ1) is 7.37. The van der Waals surface area contributed by atoms with Gasteiger partial charge in [0.05, 0.1) is 11.8 Å². The number of esters is 2. The van der Waals surface area contributed by atoms with Crippen molar-refractivity contribution in [2.75, 3.05) is 0 Å². The Morgan fingerprint density at radius 1 is 1.25 bits per heavy atom. The third-order valence-corrected chi connectivity index (χ3v) is 4.71. The molecule has 2 atom stereocenters. The molecule has 0 N–H and O–H groups in total. The maximum absolute atomic E-state index is 11.5. The number of carbonyl (C=O) groups is 2. The summed E-state index contributed by atoms with van der Waals surface area (Å²) in [6, 6.07) is 1.12. The first-order valence-corrected chi connectivity index (χ1v) is 9.51. The molecular weight excluding hydrogens is 220 g/mol. The largest absolute Gasteiger partial charge is 0.393 e. The second kappa shape index (κ2) is 3.84. The second-order valence-electron chi connectivity index (χ2n) is 5.99. The van der Waals surface area contributed by atoms with Crippen molar-refractivity contribution in [1.82, 2.24) is 0 Å². The molecule has 0 amide bonds. The van der Waals surface area contributed by atoms with Crippen LogP contribution < -0.4 is 0 Å². The molecule has 1 saturated heterocycles. The molecule has 0 aromatic heterocycles. The van der Waals surface area contributed by atoms with E-state index in [4.69, 9.17) is 0 Å². The molecule has 4 heteroatoms. The molecule has 1 aliphatic heterocycles. The van der Waals surface area contributed by atoms with Crippen molar-refractivity contribution in [3.8, 4) is 0 Å². The van der Waals surface area contributed by atoms with E-state index in [0.29, 0.717) is 6.42 Å². The normalized spacial score (nSPS) is 29.8. The molecule has 1 aliphatic carbocycles. The monoisotopic (exact) mass is 238 g/mol. The fourth-order valence-electron chi connectivity index (χ4n) is 2.55. The summed E-state index contributed by atoms with van der Waals surface area (Å²) >= 11 is 0. The number of carbonyl (C=O) groups excluding carboxylic acids is 2. The van der Waals surface area contributed by atoms with Crippen LogP contribution in [0.1, 0.15) is 12.8 Å². The molecule has 1 heterocycles. The van der Waals surface area contributed by atoms with Crippen molar-refractivity contribution >= 4 is 20.0 Å². The van der Waals surface area contributed by atoms with Crippen molar-refractivity contribution in [1.29, 1.82) is 0 Å². The van der Waals surface area contributed by atoms with Crippen LogP contribution in [0.2, 0.25) is 25.7 Å². The lowest BCUT2D eigenvalue weighted by Gasteiger charge is -2.24. The van der Waals surface area contributed by atoms with Gasteiger partial charge in [0, 0.05) is 8.07 Å². The molecule has 2 unspecified atom stereocenters. The number of hydrogen-bond donors (Lipinski definition) is 0. The highest BCUT2D eigenvalue weighted by Crippen LogP contribution is 2.38. The Bertz CT molecular complexity index is 365. The summed E-state index contributed by atoms with van der Waals surface area (Å²) in [5, 5.41) is 0. The van der Waals surface area contributed by atoms with Crippen LogP contribution in [-0.2, 0) is 14.3 Å². The van der Waals surface area contributed by atoms with Crippen LogP contribution >= 0.6 is 0 Å². The molecule has 1 fully saturated rings. The van der Waals surface area contributed by atoms with Crippen molar-refractivity contribution in [2.24, 2.45) is 11.8 Å². The molecule has 0 spiro atoms. The number of fused-ring (bicyclic) bond motifs is 1. The maximum atomic E-state index is 11.5. The Balaban J connectivity index is 2.10. The topological polar surface area (TPSA) is 43.4 Å². The molecule has 0 aromatic carbocycles. The summed E-state index contributed by atoms with van der Waals surface area (Å²) in [6.45, 7) is 6.95. The second-order valence-corrected chi connectivity index (χ2v) is 11.5. The minimum atomic E-state index is -1.13. The molecule has 16 heavy (non-hydrogen) atoms. The van der Waals surface area contributed by atoms with Gasteiger partial charge in [-0.2, -0.15) is 0 Å². The lowest BCUT2D eigenvalue weighted by Crippen LogP contribution is -2.26. The zero-order chi connectivity index (χ0) is 11.9. The molecule has 0 bridgehead atoms. The Labute approximate surface area is 96.9 Å². The molecule has 88 valence electrons. The lowest BCUT2D eigenvalue weighted by atomic mass is 9.82. The van der Waals surface area contributed by atoms with Gasteiger partial charge in [0.15, 0.2) is 0 Å². The first-order valence-electron chi connectivity index (χ1n) is 5.80. The summed E-state index contributed by atoms with van der Waals surface area (Å²) < 4.78 is 4.69. The minimum absolute atomic E-state index is 0.191. The molecule has 0 radical (unpaired) electrons. The highest BCUT2D eigenvalue weighted by atomic mass is 28.3. The van der Waals surface area contributed by atoms with Crippen LogP contribution in [0.15, 0.2) is 11.6 Å². The number of ether oxygens (including phenoxy) is 1. The number of hydrogen-bond acceptors (Lipinski definition) is 3. The molecule has 0 aromatic rings. The molecule has 2 rings (SSSR count). The van der Waals surface area contributed by atoms with Gasteiger partial charge in [0.1, 0.15) is 0 Å². The summed E-state index contributed by atoms with van der Waals surface area (Å²) in [5.74, 6) is -1.02. The highest BCUT2D eigenvalue weighted by molar-refractivity contribution is 6.76. The minimum Gasteiger partial charge on any atom is -0.393 e. The van der Waals surface area contributed by atoms with Crippen LogP contribution in [0.3, 0.4) is 0 Å². The molecule has 3 nitrogen and oxygen atoms in total. The van der Waals surface area contributed by atoms with E-state index < -0.39 is 8.07 Å². The highest BCUT2D eigenvalue weighted by Gasteiger charge is 2.45. The average Bonchev–Trinajstić information content (AvgIpc) is 2.40. The lowest BCUT2D eigenvalue weighted by molar-refractivity contribution is -0.153. The number of allylic oxidation sites excluding steroid dienone is 2. The molecular formula is C12H18O3Si. The van der Waals surface area contributed by atoms with Gasteiger partial charge in [-0.3, -0.25) is 9.59 Å². The van der Waals surface area contributed by atoms with E-state index in [-0.39, 0.29) is 23.8 Å². The quantitative estimate of drug-likeness (QED) is 0.321. The molecule has 0 saturated carbocycles. The number of cyclic esters (lactones) is 2. The Hall–Kier alpha value is -0.903. The van der Waals surface area contributed by atoms with Gasteiger partial charge in [-0.25, -0.2) is 0 Å². The fraction of sp³-hybridized carbons (Fsp3) is 0.667. The Kier molecular flexibility index (Phi) is 2.78. The Morgan fingerprint density at radius 2 is 1.88 bits per heavy atom. The predicted molar refractivity (Wildman–Crippen MR) is 63.5 cm³/mol. The van der Waals surface area contributed by atoms with E-state index in [1.807, 2.05) is 0 Å². The molecule has 2 aliphatic rings. The Morgan fingerprint density at radius 3 is 2.50 bits per heavy atom. The van der Waals surface area contributed by atoms with Crippen LogP contribution in [0.5, 0.6) is 0 Å². The maximum Gasteiger partial charge on any atom is 0.317 e. The third-order valence-electron chi connectivity index (χ3n) is 3.19. The van der Waals surface area contributed by atoms with Crippen molar-refractivity contribution in [2.45, 2.75) is 38.5 Å². The first kappa shape index (κ1) is 11.6. The van der Waals surface area contributed by atoms with Gasteiger partial charge in [-0.15, -0.1) is 0 Å². The van der Waals surface area contributed by atoms with Gasteiger partial charge in [-0.05, 0) is 18.9 Å². The SMILES string of the molecule is C[Si](C)(C)CC1=CCC2C(=O)OC(=O)C2C1. The standard InChI is InChI=1S/C12H18O3Si/c1-16(2,3)7-8-4-5-9-10(6-8)12(14)15-11(9)13/h4,9-10H,5-7H2,1-3H3. The van der Waals surface area contributed by atoms with Gasteiger partial charge in [-0.1, -0.05) is 31.3 Å².